The zero-order valence-corrected chi connectivity index (χ0v) is 18.5. The maximum absolute atomic E-state index is 12.8. The molecule has 2 aliphatic carbocycles. The summed E-state index contributed by atoms with van der Waals surface area (Å²) in [5.74, 6) is 1.07. The highest BCUT2D eigenvalue weighted by molar-refractivity contribution is 5.82. The van der Waals surface area contributed by atoms with E-state index in [-0.39, 0.29) is 30.1 Å². The standard InChI is InChI=1S/C25H36O4/c1-6-25(4,5)24(27)29-21-15-16(2)14-18-11-10-17(3)20(23(18)21)13-12-19-8-7-9-22(26)28-19/h7,9-11,14,16-17,19-21,23H,6,8,12-13,15H2,1-5H3/t16-,17-,19+,20-,21-,23-/m0/s1. The van der Waals surface area contributed by atoms with Crippen molar-refractivity contribution < 1.29 is 19.1 Å². The summed E-state index contributed by atoms with van der Waals surface area (Å²) in [5.41, 5.74) is 0.846. The molecule has 0 saturated carbocycles. The molecule has 3 aliphatic rings. The first kappa shape index (κ1) is 21.9. The molecule has 4 nitrogen and oxygen atoms in total. The molecule has 0 fully saturated rings. The zero-order valence-electron chi connectivity index (χ0n) is 18.5. The van der Waals surface area contributed by atoms with E-state index in [2.05, 4.69) is 32.1 Å². The van der Waals surface area contributed by atoms with Gasteiger partial charge in [0.2, 0.25) is 0 Å². The number of allylic oxidation sites excluding steroid dienone is 3. The molecule has 3 rings (SSSR count). The van der Waals surface area contributed by atoms with Crippen LogP contribution in [-0.2, 0) is 19.1 Å². The fraction of sp³-hybridized carbons (Fsp3) is 0.680. The topological polar surface area (TPSA) is 52.6 Å². The average Bonchev–Trinajstić information content (AvgIpc) is 2.67. The number of hydrogen-bond acceptors (Lipinski definition) is 4. The van der Waals surface area contributed by atoms with Gasteiger partial charge in [-0.15, -0.1) is 0 Å². The number of hydrogen-bond donors (Lipinski definition) is 0. The van der Waals surface area contributed by atoms with Gasteiger partial charge >= 0.3 is 11.9 Å². The Balaban J connectivity index is 1.77. The van der Waals surface area contributed by atoms with Gasteiger partial charge in [0.05, 0.1) is 5.41 Å². The van der Waals surface area contributed by atoms with Gasteiger partial charge < -0.3 is 9.47 Å². The van der Waals surface area contributed by atoms with Crippen LogP contribution in [0.25, 0.3) is 0 Å². The molecule has 0 radical (unpaired) electrons. The second-order valence-corrected chi connectivity index (χ2v) is 9.74. The summed E-state index contributed by atoms with van der Waals surface area (Å²) in [7, 11) is 0. The van der Waals surface area contributed by atoms with Crippen molar-refractivity contribution in [2.24, 2.45) is 29.1 Å². The van der Waals surface area contributed by atoms with Crippen LogP contribution in [0.1, 0.15) is 66.7 Å². The molecule has 1 aliphatic heterocycles. The van der Waals surface area contributed by atoms with Crippen LogP contribution < -0.4 is 0 Å². The van der Waals surface area contributed by atoms with Gasteiger partial charge in [0.1, 0.15) is 12.2 Å². The van der Waals surface area contributed by atoms with E-state index in [4.69, 9.17) is 9.47 Å². The van der Waals surface area contributed by atoms with Crippen LogP contribution in [0.4, 0.5) is 0 Å². The van der Waals surface area contributed by atoms with Crippen LogP contribution in [0.3, 0.4) is 0 Å². The van der Waals surface area contributed by atoms with Crippen molar-refractivity contribution in [1.29, 1.82) is 0 Å². The van der Waals surface area contributed by atoms with Crippen molar-refractivity contribution in [3.8, 4) is 0 Å². The number of esters is 2. The van der Waals surface area contributed by atoms with Crippen LogP contribution in [0.2, 0.25) is 0 Å². The van der Waals surface area contributed by atoms with E-state index in [1.807, 2.05) is 26.8 Å². The number of cyclic esters (lactones) is 1. The third kappa shape index (κ3) is 5.02. The SMILES string of the molecule is CCC(C)(C)C(=O)O[C@H]1C[C@@H](C)C=C2C=C[C@H](C)[C@H](CC[C@H]3CC=CC(=O)O3)[C@H]21. The van der Waals surface area contributed by atoms with E-state index >= 15 is 0 Å². The maximum Gasteiger partial charge on any atom is 0.330 e. The zero-order chi connectivity index (χ0) is 21.2. The molecule has 0 saturated heterocycles. The molecule has 0 N–H and O–H groups in total. The summed E-state index contributed by atoms with van der Waals surface area (Å²) < 4.78 is 11.6. The number of carbonyl (C=O) groups excluding carboxylic acids is 2. The first-order valence-corrected chi connectivity index (χ1v) is 11.2. The number of carbonyl (C=O) groups is 2. The van der Waals surface area contributed by atoms with Crippen molar-refractivity contribution in [2.45, 2.75) is 78.9 Å². The summed E-state index contributed by atoms with van der Waals surface area (Å²) in [6, 6.07) is 0. The molecule has 0 bridgehead atoms. The normalized spacial score (nSPS) is 34.2. The molecule has 0 aromatic rings. The molecule has 0 amide bonds. The van der Waals surface area contributed by atoms with Gasteiger partial charge in [-0.25, -0.2) is 4.79 Å². The molecular formula is C25H36O4. The van der Waals surface area contributed by atoms with E-state index < -0.39 is 5.41 Å². The lowest BCUT2D eigenvalue weighted by molar-refractivity contribution is -0.165. The minimum atomic E-state index is -0.460. The van der Waals surface area contributed by atoms with Crippen LogP contribution in [-0.4, -0.2) is 24.1 Å². The minimum absolute atomic E-state index is 0.0411. The maximum atomic E-state index is 12.8. The third-order valence-corrected chi connectivity index (χ3v) is 7.05. The molecule has 4 heteroatoms. The smallest absolute Gasteiger partial charge is 0.330 e. The molecule has 0 unspecified atom stereocenters. The lowest BCUT2D eigenvalue weighted by Crippen LogP contribution is -2.43. The summed E-state index contributed by atoms with van der Waals surface area (Å²) in [4.78, 5) is 24.4. The minimum Gasteiger partial charge on any atom is -0.461 e. The Labute approximate surface area is 175 Å². The van der Waals surface area contributed by atoms with Crippen molar-refractivity contribution in [2.75, 3.05) is 0 Å². The Hall–Kier alpha value is -1.84. The first-order valence-electron chi connectivity index (χ1n) is 11.2. The Morgan fingerprint density at radius 2 is 2.00 bits per heavy atom. The Morgan fingerprint density at radius 3 is 2.69 bits per heavy atom. The molecular weight excluding hydrogens is 364 g/mol. The van der Waals surface area contributed by atoms with E-state index in [9.17, 15) is 9.59 Å². The van der Waals surface area contributed by atoms with Crippen molar-refractivity contribution in [3.05, 3.63) is 36.0 Å². The lowest BCUT2D eigenvalue weighted by Gasteiger charge is -2.44. The second kappa shape index (κ2) is 8.89. The molecule has 29 heavy (non-hydrogen) atoms. The predicted molar refractivity (Wildman–Crippen MR) is 114 cm³/mol. The van der Waals surface area contributed by atoms with Gasteiger partial charge in [0, 0.05) is 18.4 Å². The Morgan fingerprint density at radius 1 is 1.24 bits per heavy atom. The van der Waals surface area contributed by atoms with Crippen LogP contribution >= 0.6 is 0 Å². The Kier molecular flexibility index (Phi) is 6.70. The van der Waals surface area contributed by atoms with Crippen LogP contribution in [0.5, 0.6) is 0 Å². The number of fused-ring (bicyclic) bond motifs is 1. The van der Waals surface area contributed by atoms with Crippen LogP contribution in [0, 0.1) is 29.1 Å². The number of ether oxygens (including phenoxy) is 2. The Bertz CT molecular complexity index is 714. The molecule has 0 aromatic heterocycles. The van der Waals surface area contributed by atoms with E-state index in [0.717, 1.165) is 32.1 Å². The largest absolute Gasteiger partial charge is 0.461 e. The van der Waals surface area contributed by atoms with Gasteiger partial charge in [0.15, 0.2) is 0 Å². The van der Waals surface area contributed by atoms with Crippen LogP contribution in [0.15, 0.2) is 36.0 Å². The molecule has 0 spiro atoms. The lowest BCUT2D eigenvalue weighted by atomic mass is 9.65. The van der Waals surface area contributed by atoms with Gasteiger partial charge in [0.25, 0.3) is 0 Å². The highest BCUT2D eigenvalue weighted by Gasteiger charge is 2.43. The van der Waals surface area contributed by atoms with Gasteiger partial charge in [-0.2, -0.15) is 0 Å². The summed E-state index contributed by atoms with van der Waals surface area (Å²) in [6.45, 7) is 10.4. The number of rotatable bonds is 6. The van der Waals surface area contributed by atoms with E-state index in [0.29, 0.717) is 17.8 Å². The third-order valence-electron chi connectivity index (χ3n) is 7.05. The highest BCUT2D eigenvalue weighted by Crippen LogP contribution is 2.45. The first-order chi connectivity index (χ1) is 13.7. The molecule has 1 heterocycles. The van der Waals surface area contributed by atoms with Gasteiger partial charge in [-0.3, -0.25) is 4.79 Å². The van der Waals surface area contributed by atoms with E-state index in [1.54, 1.807) is 0 Å². The molecule has 6 atom stereocenters. The average molecular weight is 401 g/mol. The summed E-state index contributed by atoms with van der Waals surface area (Å²) >= 11 is 0. The molecule has 160 valence electrons. The fourth-order valence-corrected chi connectivity index (χ4v) is 4.79. The monoisotopic (exact) mass is 400 g/mol. The van der Waals surface area contributed by atoms with Gasteiger partial charge in [-0.1, -0.05) is 45.1 Å². The van der Waals surface area contributed by atoms with Crippen molar-refractivity contribution in [3.63, 3.8) is 0 Å². The molecule has 0 aromatic carbocycles. The summed E-state index contributed by atoms with van der Waals surface area (Å²) in [6.07, 6.45) is 14.4. The quantitative estimate of drug-likeness (QED) is 0.561. The predicted octanol–water partition coefficient (Wildman–Crippen LogP) is 5.39. The highest BCUT2D eigenvalue weighted by atomic mass is 16.5. The van der Waals surface area contributed by atoms with E-state index in [1.165, 1.54) is 11.6 Å². The van der Waals surface area contributed by atoms with Crippen molar-refractivity contribution in [1.82, 2.24) is 0 Å². The summed E-state index contributed by atoms with van der Waals surface area (Å²) in [5, 5.41) is 0. The fourth-order valence-electron chi connectivity index (χ4n) is 4.79. The van der Waals surface area contributed by atoms with Gasteiger partial charge in [-0.05, 0) is 62.9 Å². The van der Waals surface area contributed by atoms with Crippen molar-refractivity contribution >= 4 is 11.9 Å². The second-order valence-electron chi connectivity index (χ2n) is 9.74.